The van der Waals surface area contributed by atoms with Crippen LogP contribution in [0.25, 0.3) is 22.2 Å². The van der Waals surface area contributed by atoms with Gasteiger partial charge in [0.15, 0.2) is 8.32 Å². The van der Waals surface area contributed by atoms with Crippen LogP contribution in [0.2, 0.25) is 18.1 Å². The van der Waals surface area contributed by atoms with Gasteiger partial charge in [0, 0.05) is 49.8 Å². The number of hydrogen-bond donors (Lipinski definition) is 1. The highest BCUT2D eigenvalue weighted by Crippen LogP contribution is 2.54. The molecule has 270 valence electrons. The van der Waals surface area contributed by atoms with Crippen LogP contribution in [-0.4, -0.2) is 60.2 Å². The molecule has 4 aromatic rings. The molecule has 9 nitrogen and oxygen atoms in total. The first-order valence-corrected chi connectivity index (χ1v) is 22.5. The van der Waals surface area contributed by atoms with E-state index in [2.05, 4.69) is 80.4 Å². The number of fused-ring (bicyclic) bond motifs is 9. The number of rotatable bonds is 7. The Morgan fingerprint density at radius 3 is 2.29 bits per heavy atom. The Labute approximate surface area is 305 Å². The number of hydrogen-bond acceptors (Lipinski definition) is 6. The third-order valence-electron chi connectivity index (χ3n) is 12.2. The van der Waals surface area contributed by atoms with Crippen molar-refractivity contribution in [2.45, 2.75) is 133 Å². The molecule has 8 rings (SSSR count). The van der Waals surface area contributed by atoms with Gasteiger partial charge in [-0.25, -0.2) is 23.9 Å². The summed E-state index contributed by atoms with van der Waals surface area (Å²) in [7, 11) is -1.44. The van der Waals surface area contributed by atoms with Crippen LogP contribution in [0.15, 0.2) is 48.8 Å². The van der Waals surface area contributed by atoms with Crippen molar-refractivity contribution >= 4 is 36.2 Å². The Kier molecular flexibility index (Phi) is 7.76. The molecule has 2 aliphatic heterocycles. The van der Waals surface area contributed by atoms with Gasteiger partial charge in [0.2, 0.25) is 0 Å². The van der Waals surface area contributed by atoms with E-state index in [1.165, 1.54) is 24.0 Å². The molecular formula is C40H52N6O3SSi. The fourth-order valence-corrected chi connectivity index (χ4v) is 11.1. The molecule has 11 heteroatoms. The number of amides is 1. The predicted octanol–water partition coefficient (Wildman–Crippen LogP) is 8.31. The number of carbonyl (C=O) groups is 1. The highest BCUT2D eigenvalue weighted by molar-refractivity contribution is 7.84. The van der Waals surface area contributed by atoms with Crippen molar-refractivity contribution in [2.24, 2.45) is 0 Å². The molecule has 4 aliphatic rings. The molecule has 2 fully saturated rings. The second-order valence-electron chi connectivity index (χ2n) is 18.3. The Morgan fingerprint density at radius 2 is 1.67 bits per heavy atom. The standard InChI is InChI=1S/C40H52N6O3SSi/c1-37(2,3)50(48)44-40(22-39(7,23-40)49-51(9,10)38(4,5)6)36-41-20-26(21-42-36)25-16-17-29-30(18-25)46-31-19-32(34(46)43-29)45(8)35(47)28-13-11-12-27(33(28)31)24-14-15-24/h11-13,16-18,20-21,24,31-32,44H,14-15,19,22-23H2,1-10H3/t31-,32-,39?,40?,50?/m1/s1. The molecule has 2 bridgehead atoms. The largest absolute Gasteiger partial charge is 0.411 e. The van der Waals surface area contributed by atoms with Crippen LogP contribution in [0.1, 0.15) is 132 Å². The minimum Gasteiger partial charge on any atom is -0.411 e. The molecule has 2 aliphatic carbocycles. The zero-order valence-corrected chi connectivity index (χ0v) is 33.6. The third kappa shape index (κ3) is 5.65. The van der Waals surface area contributed by atoms with Gasteiger partial charge in [-0.3, -0.25) is 4.79 Å². The van der Waals surface area contributed by atoms with Crippen molar-refractivity contribution in [3.63, 3.8) is 0 Å². The van der Waals surface area contributed by atoms with Crippen molar-refractivity contribution in [2.75, 3.05) is 7.05 Å². The first-order chi connectivity index (χ1) is 23.8. The van der Waals surface area contributed by atoms with Crippen LogP contribution in [0.3, 0.4) is 0 Å². The quantitative estimate of drug-likeness (QED) is 0.193. The van der Waals surface area contributed by atoms with E-state index in [4.69, 9.17) is 19.4 Å². The average molecular weight is 725 g/mol. The van der Waals surface area contributed by atoms with Crippen LogP contribution in [0, 0.1) is 0 Å². The summed E-state index contributed by atoms with van der Waals surface area (Å²) in [6.45, 7) is 19.5. The Bertz CT molecular complexity index is 2090. The molecule has 0 spiro atoms. The first kappa shape index (κ1) is 34.8. The lowest BCUT2D eigenvalue weighted by Gasteiger charge is -2.57. The van der Waals surface area contributed by atoms with Gasteiger partial charge in [0.25, 0.3) is 5.91 Å². The number of carbonyl (C=O) groups excluding carboxylic acids is 1. The van der Waals surface area contributed by atoms with E-state index in [1.54, 1.807) is 0 Å². The monoisotopic (exact) mass is 724 g/mol. The smallest absolute Gasteiger partial charge is 0.254 e. The van der Waals surface area contributed by atoms with E-state index < -0.39 is 29.6 Å². The maximum atomic E-state index is 13.7. The van der Waals surface area contributed by atoms with Gasteiger partial charge in [0.05, 0.1) is 50.0 Å². The highest BCUT2D eigenvalue weighted by Gasteiger charge is 2.59. The topological polar surface area (TPSA) is 102 Å². The zero-order valence-electron chi connectivity index (χ0n) is 31.8. The summed E-state index contributed by atoms with van der Waals surface area (Å²) in [5.74, 6) is 2.23. The van der Waals surface area contributed by atoms with Gasteiger partial charge in [0.1, 0.15) is 11.6 Å². The molecule has 1 amide bonds. The predicted molar refractivity (Wildman–Crippen MR) is 205 cm³/mol. The first-order valence-electron chi connectivity index (χ1n) is 18.5. The number of nitrogens with one attached hydrogen (secondary N) is 1. The lowest BCUT2D eigenvalue weighted by molar-refractivity contribution is -0.0720. The maximum absolute atomic E-state index is 13.7. The minimum absolute atomic E-state index is 0.0562. The molecule has 0 radical (unpaired) electrons. The summed E-state index contributed by atoms with van der Waals surface area (Å²) in [5.41, 5.74) is 6.24. The second kappa shape index (κ2) is 11.4. The highest BCUT2D eigenvalue weighted by atomic mass is 32.2. The van der Waals surface area contributed by atoms with E-state index in [-0.39, 0.29) is 28.6 Å². The van der Waals surface area contributed by atoms with Crippen LogP contribution in [-0.2, 0) is 21.0 Å². The Morgan fingerprint density at radius 1 is 0.980 bits per heavy atom. The van der Waals surface area contributed by atoms with Crippen molar-refractivity contribution in [3.8, 4) is 11.1 Å². The van der Waals surface area contributed by atoms with E-state index in [0.717, 1.165) is 40.0 Å². The maximum Gasteiger partial charge on any atom is 0.254 e. The number of nitrogens with zero attached hydrogens (tertiary/aromatic N) is 5. The van der Waals surface area contributed by atoms with E-state index >= 15 is 0 Å². The van der Waals surface area contributed by atoms with Crippen LogP contribution in [0.5, 0.6) is 0 Å². The molecule has 4 heterocycles. The van der Waals surface area contributed by atoms with E-state index in [0.29, 0.717) is 24.6 Å². The third-order valence-corrected chi connectivity index (χ3v) is 18.5. The van der Waals surface area contributed by atoms with Gasteiger partial charge in [-0.2, -0.15) is 0 Å². The van der Waals surface area contributed by atoms with Crippen molar-refractivity contribution in [1.29, 1.82) is 0 Å². The summed E-state index contributed by atoms with van der Waals surface area (Å²) in [5, 5.41) is 0.0823. The Balaban J connectivity index is 1.14. The average Bonchev–Trinajstić information content (AvgIpc) is 3.75. The number of benzene rings is 2. The van der Waals surface area contributed by atoms with Crippen molar-refractivity contribution < 1.29 is 13.4 Å². The van der Waals surface area contributed by atoms with Gasteiger partial charge >= 0.3 is 0 Å². The van der Waals surface area contributed by atoms with Crippen LogP contribution >= 0.6 is 0 Å². The summed E-state index contributed by atoms with van der Waals surface area (Å²) in [6.07, 6.45) is 8.28. The normalized spacial score (nSPS) is 26.9. The van der Waals surface area contributed by atoms with E-state index in [9.17, 15) is 9.00 Å². The lowest BCUT2D eigenvalue weighted by atomic mass is 9.66. The molecule has 3 atom stereocenters. The van der Waals surface area contributed by atoms with Gasteiger partial charge < -0.3 is 13.9 Å². The SMILES string of the molecule is CN1C(=O)c2cccc(C3CC3)c2[C@H]2C[C@@H]1c1nc3ccc(-c4cnc(C5(NS(=O)C(C)(C)C)CC(C)(O[Si](C)(C)C(C)(C)C)C5)nc4)cc3n12. The molecular weight excluding hydrogens is 673 g/mol. The Hall–Kier alpha value is -3.25. The molecule has 1 unspecified atom stereocenters. The van der Waals surface area contributed by atoms with Gasteiger partial charge in [-0.05, 0) is 99.5 Å². The minimum atomic E-state index is -2.04. The summed E-state index contributed by atoms with van der Waals surface area (Å²) in [4.78, 5) is 30.7. The molecule has 2 aromatic heterocycles. The van der Waals surface area contributed by atoms with Crippen LogP contribution < -0.4 is 4.72 Å². The molecule has 1 N–H and O–H groups in total. The fourth-order valence-electron chi connectivity index (χ4n) is 8.47. The fraction of sp³-hybridized carbons (Fsp3) is 0.550. The molecule has 51 heavy (non-hydrogen) atoms. The number of aromatic nitrogens is 4. The number of imidazole rings is 1. The van der Waals surface area contributed by atoms with E-state index in [1.807, 2.05) is 51.2 Å². The molecule has 2 saturated carbocycles. The van der Waals surface area contributed by atoms with Crippen molar-refractivity contribution in [3.05, 3.63) is 77.1 Å². The van der Waals surface area contributed by atoms with Gasteiger partial charge in [-0.1, -0.05) is 39.0 Å². The zero-order chi connectivity index (χ0) is 36.5. The molecule has 2 aromatic carbocycles. The van der Waals surface area contributed by atoms with Crippen LogP contribution in [0.4, 0.5) is 0 Å². The second-order valence-corrected chi connectivity index (χ2v) is 25.0. The van der Waals surface area contributed by atoms with Gasteiger partial charge in [-0.15, -0.1) is 0 Å². The lowest BCUT2D eigenvalue weighted by Crippen LogP contribution is -2.66. The summed E-state index contributed by atoms with van der Waals surface area (Å²) < 4.78 is 25.9. The van der Waals surface area contributed by atoms with Crippen molar-refractivity contribution in [1.82, 2.24) is 29.1 Å². The summed E-state index contributed by atoms with van der Waals surface area (Å²) in [6, 6.07) is 12.6. The summed E-state index contributed by atoms with van der Waals surface area (Å²) >= 11 is 0. The molecule has 0 saturated heterocycles.